The molecule has 0 aliphatic rings. The van der Waals surface area contributed by atoms with Crippen LogP contribution in [0.3, 0.4) is 0 Å². The Balaban J connectivity index is 1.13. The molecule has 2 aromatic heterocycles. The highest BCUT2D eigenvalue weighted by Crippen LogP contribution is 2.28. The van der Waals surface area contributed by atoms with Gasteiger partial charge in [-0.15, -0.1) is 0 Å². The van der Waals surface area contributed by atoms with E-state index in [-0.39, 0.29) is 18.1 Å². The van der Waals surface area contributed by atoms with E-state index in [1.165, 1.54) is 13.3 Å². The number of nitrogens with one attached hydrogen (secondary N) is 1. The van der Waals surface area contributed by atoms with Crippen molar-refractivity contribution in [3.8, 4) is 22.9 Å². The smallest absolute Gasteiger partial charge is 0.343 e. The van der Waals surface area contributed by atoms with Gasteiger partial charge >= 0.3 is 11.9 Å². The quantitative estimate of drug-likeness (QED) is 0.0760. The van der Waals surface area contributed by atoms with Crippen molar-refractivity contribution in [1.82, 2.24) is 9.99 Å². The zero-order chi connectivity index (χ0) is 30.3. The van der Waals surface area contributed by atoms with Gasteiger partial charge in [-0.3, -0.25) is 4.79 Å². The van der Waals surface area contributed by atoms with E-state index in [1.54, 1.807) is 54.6 Å². The fourth-order valence-corrected chi connectivity index (χ4v) is 4.58. The molecule has 43 heavy (non-hydrogen) atoms. The number of esters is 1. The molecule has 1 amide bonds. The molecule has 10 heteroatoms. The summed E-state index contributed by atoms with van der Waals surface area (Å²) in [5.74, 6) is 0.827. The Morgan fingerprint density at radius 1 is 0.907 bits per heavy atom. The van der Waals surface area contributed by atoms with Crippen LogP contribution < -0.4 is 19.6 Å². The Morgan fingerprint density at radius 2 is 1.63 bits per heavy atom. The Morgan fingerprint density at radius 3 is 2.33 bits per heavy atom. The summed E-state index contributed by atoms with van der Waals surface area (Å²) >= 11 is 3.34. The van der Waals surface area contributed by atoms with Crippen LogP contribution in [0, 0.1) is 13.8 Å². The van der Waals surface area contributed by atoms with Crippen molar-refractivity contribution in [2.24, 2.45) is 5.10 Å². The molecule has 0 atom stereocenters. The predicted molar refractivity (Wildman–Crippen MR) is 165 cm³/mol. The number of rotatable bonds is 10. The van der Waals surface area contributed by atoms with Gasteiger partial charge in [-0.05, 0) is 110 Å². The Kier molecular flexibility index (Phi) is 9.07. The number of furan rings is 1. The van der Waals surface area contributed by atoms with Crippen LogP contribution in [0.5, 0.6) is 17.2 Å². The molecule has 218 valence electrons. The predicted octanol–water partition coefficient (Wildman–Crippen LogP) is 7.02. The number of amides is 1. The molecule has 0 spiro atoms. The first-order valence-electron chi connectivity index (χ1n) is 13.3. The van der Waals surface area contributed by atoms with Gasteiger partial charge in [0.1, 0.15) is 18.1 Å². The van der Waals surface area contributed by atoms with Crippen molar-refractivity contribution in [2.75, 3.05) is 7.11 Å². The molecule has 0 aliphatic heterocycles. The molecule has 0 unspecified atom stereocenters. The van der Waals surface area contributed by atoms with E-state index >= 15 is 0 Å². The maximum Gasteiger partial charge on any atom is 0.343 e. The summed E-state index contributed by atoms with van der Waals surface area (Å²) in [6.45, 7) is 4.29. The number of hydrogen-bond acceptors (Lipinski definition) is 7. The minimum Gasteiger partial charge on any atom is -0.493 e. The summed E-state index contributed by atoms with van der Waals surface area (Å²) < 4.78 is 25.3. The molecule has 2 heterocycles. The molecule has 9 nitrogen and oxygen atoms in total. The van der Waals surface area contributed by atoms with Gasteiger partial charge in [0.25, 0.3) is 0 Å². The molecule has 5 rings (SSSR count). The molecule has 0 aliphatic carbocycles. The summed E-state index contributed by atoms with van der Waals surface area (Å²) in [4.78, 5) is 25.0. The Hall–Kier alpha value is -5.09. The third kappa shape index (κ3) is 7.22. The maximum absolute atomic E-state index is 12.5. The van der Waals surface area contributed by atoms with Gasteiger partial charge in [-0.1, -0.05) is 15.9 Å². The van der Waals surface area contributed by atoms with E-state index in [1.807, 2.05) is 24.3 Å². The molecule has 3 aromatic carbocycles. The second kappa shape index (κ2) is 13.3. The van der Waals surface area contributed by atoms with Gasteiger partial charge in [0, 0.05) is 21.5 Å². The number of methoxy groups -OCH3 is 1. The van der Waals surface area contributed by atoms with E-state index < -0.39 is 11.9 Å². The monoisotopic (exact) mass is 641 g/mol. The second-order valence-electron chi connectivity index (χ2n) is 9.51. The number of hydrogen-bond donors (Lipinski definition) is 1. The fourth-order valence-electron chi connectivity index (χ4n) is 4.31. The third-order valence-corrected chi connectivity index (χ3v) is 7.01. The second-order valence-corrected chi connectivity index (χ2v) is 10.4. The van der Waals surface area contributed by atoms with Crippen LogP contribution in [-0.2, 0) is 6.61 Å². The molecule has 5 aromatic rings. The van der Waals surface area contributed by atoms with Gasteiger partial charge in [-0.25, -0.2) is 10.2 Å². The van der Waals surface area contributed by atoms with Crippen molar-refractivity contribution < 1.29 is 28.2 Å². The van der Waals surface area contributed by atoms with Crippen LogP contribution in [0.2, 0.25) is 0 Å². The molecule has 1 N–H and O–H groups in total. The number of aryl methyl sites for hydroxylation is 2. The molecule has 0 bridgehead atoms. The first-order valence-corrected chi connectivity index (χ1v) is 14.1. The lowest BCUT2D eigenvalue weighted by Crippen LogP contribution is -2.16. The van der Waals surface area contributed by atoms with Crippen molar-refractivity contribution >= 4 is 34.0 Å². The van der Waals surface area contributed by atoms with Gasteiger partial charge in [-0.2, -0.15) is 5.10 Å². The van der Waals surface area contributed by atoms with Crippen LogP contribution in [0.15, 0.2) is 105 Å². The molecular formula is C33H28BrN3O6. The van der Waals surface area contributed by atoms with E-state index in [4.69, 9.17) is 18.6 Å². The summed E-state index contributed by atoms with van der Waals surface area (Å²) in [5, 5.41) is 4.00. The molecule has 0 radical (unpaired) electrons. The standard InChI is InChI=1S/C33H28BrN3O6/c1-21-4-5-22(2)37(21)26-11-13-27(14-12-26)41-20-28-15-17-30(42-28)32(38)36-35-19-23-6-16-29(31(18-23)40-3)43-33(39)24-7-9-25(34)10-8-24/h4-19H,20H2,1-3H3,(H,36,38)/b35-19+. The Labute approximate surface area is 256 Å². The average molecular weight is 643 g/mol. The van der Waals surface area contributed by atoms with E-state index in [2.05, 4.69) is 57.0 Å². The van der Waals surface area contributed by atoms with Gasteiger partial charge in [0.05, 0.1) is 18.9 Å². The zero-order valence-electron chi connectivity index (χ0n) is 23.7. The fraction of sp³-hybridized carbons (Fsp3) is 0.121. The first-order chi connectivity index (χ1) is 20.8. The minimum absolute atomic E-state index is 0.0949. The molecule has 0 fully saturated rings. The summed E-state index contributed by atoms with van der Waals surface area (Å²) in [5.41, 5.74) is 6.82. The highest BCUT2D eigenvalue weighted by Gasteiger charge is 2.14. The van der Waals surface area contributed by atoms with Gasteiger partial charge < -0.3 is 23.2 Å². The lowest BCUT2D eigenvalue weighted by molar-refractivity contribution is 0.0729. The number of ether oxygens (including phenoxy) is 3. The van der Waals surface area contributed by atoms with Crippen molar-refractivity contribution in [1.29, 1.82) is 0 Å². The van der Waals surface area contributed by atoms with Crippen molar-refractivity contribution in [3.05, 3.63) is 130 Å². The van der Waals surface area contributed by atoms with Crippen LogP contribution >= 0.6 is 15.9 Å². The van der Waals surface area contributed by atoms with Crippen LogP contribution in [0.4, 0.5) is 0 Å². The van der Waals surface area contributed by atoms with E-state index in [0.717, 1.165) is 21.5 Å². The van der Waals surface area contributed by atoms with Crippen LogP contribution in [-0.4, -0.2) is 29.8 Å². The lowest BCUT2D eigenvalue weighted by Gasteiger charge is -2.10. The topological polar surface area (TPSA) is 104 Å². The van der Waals surface area contributed by atoms with Crippen LogP contribution in [0.1, 0.15) is 43.6 Å². The third-order valence-electron chi connectivity index (χ3n) is 6.48. The SMILES string of the molecule is COc1cc(/C=N/NC(=O)c2ccc(COc3ccc(-n4c(C)ccc4C)cc3)o2)ccc1OC(=O)c1ccc(Br)cc1. The number of aromatic nitrogens is 1. The van der Waals surface area contributed by atoms with Gasteiger partial charge in [0.15, 0.2) is 17.3 Å². The number of carbonyl (C=O) groups excluding carboxylic acids is 2. The molecule has 0 saturated heterocycles. The normalized spacial score (nSPS) is 11.0. The maximum atomic E-state index is 12.5. The van der Waals surface area contributed by atoms with E-state index in [9.17, 15) is 9.59 Å². The van der Waals surface area contributed by atoms with Crippen molar-refractivity contribution in [3.63, 3.8) is 0 Å². The van der Waals surface area contributed by atoms with Crippen LogP contribution in [0.25, 0.3) is 5.69 Å². The number of hydrazone groups is 1. The number of halogens is 1. The first kappa shape index (κ1) is 29.4. The number of nitrogens with zero attached hydrogens (tertiary/aromatic N) is 2. The van der Waals surface area contributed by atoms with E-state index in [0.29, 0.717) is 28.4 Å². The van der Waals surface area contributed by atoms with Gasteiger partial charge in [0.2, 0.25) is 0 Å². The summed E-state index contributed by atoms with van der Waals surface area (Å²) in [7, 11) is 1.47. The minimum atomic E-state index is -0.517. The Bertz CT molecular complexity index is 1750. The lowest BCUT2D eigenvalue weighted by atomic mass is 10.2. The summed E-state index contributed by atoms with van der Waals surface area (Å²) in [6.07, 6.45) is 1.44. The number of carbonyl (C=O) groups is 2. The molecular weight excluding hydrogens is 614 g/mol. The largest absolute Gasteiger partial charge is 0.493 e. The highest BCUT2D eigenvalue weighted by molar-refractivity contribution is 9.10. The average Bonchev–Trinajstić information content (AvgIpc) is 3.63. The zero-order valence-corrected chi connectivity index (χ0v) is 25.3. The number of benzene rings is 3. The highest BCUT2D eigenvalue weighted by atomic mass is 79.9. The molecule has 0 saturated carbocycles. The summed E-state index contributed by atoms with van der Waals surface area (Å²) in [6, 6.07) is 26.9. The van der Waals surface area contributed by atoms with Crippen molar-refractivity contribution in [2.45, 2.75) is 20.5 Å².